The number of halogens is 1. The second-order valence-corrected chi connectivity index (χ2v) is 17.6. The number of aryl methyl sites for hydroxylation is 1. The highest BCUT2D eigenvalue weighted by molar-refractivity contribution is 8.04. The van der Waals surface area contributed by atoms with Crippen LogP contribution in [-0.2, 0) is 36.3 Å². The van der Waals surface area contributed by atoms with Crippen LogP contribution in [0.5, 0.6) is 0 Å². The minimum atomic E-state index is -4.44. The summed E-state index contributed by atoms with van der Waals surface area (Å²) >= 11 is 9.22. The quantitative estimate of drug-likeness (QED) is 0.128. The second kappa shape index (κ2) is 15.0. The van der Waals surface area contributed by atoms with E-state index in [0.29, 0.717) is 15.7 Å². The van der Waals surface area contributed by atoms with E-state index in [9.17, 15) is 41.2 Å². The summed E-state index contributed by atoms with van der Waals surface area (Å²) in [4.78, 5) is 26.1. The maximum atomic E-state index is 13.5. The molecule has 5 aromatic rings. The topological polar surface area (TPSA) is 194 Å². The summed E-state index contributed by atoms with van der Waals surface area (Å²) < 4.78 is 67.1. The molecule has 272 valence electrons. The van der Waals surface area contributed by atoms with Gasteiger partial charge in [0.25, 0.3) is 5.01 Å². The van der Waals surface area contributed by atoms with Crippen LogP contribution in [0.3, 0.4) is 0 Å². The van der Waals surface area contributed by atoms with Crippen LogP contribution in [0.4, 0.5) is 11.4 Å². The third-order valence-electron chi connectivity index (χ3n) is 8.33. The summed E-state index contributed by atoms with van der Waals surface area (Å²) in [5, 5.41) is 26.5. The molecule has 0 aliphatic carbocycles. The first-order valence-electron chi connectivity index (χ1n) is 15.6. The van der Waals surface area contributed by atoms with Crippen molar-refractivity contribution < 1.29 is 45.8 Å². The maximum absolute atomic E-state index is 13.5. The standard InChI is InChI=1S/C34H31ClN4O9S4/c1-21(34(42)43)38(19-32(40)41)24-9-11-25(12-10-24)52(47,48)36-20-39-27-17-23(35)8-14-28(27)49-31(39)18-30-37(15-4-16-51(44,45)46)33-26-6-3-2-5-22(26)7-13-29(33)50-30/h2-3,5-14,17-18,21,36H,4,15-16,19-20H2,1H3,(H2-,40,41,42,43,44,45,46)/p-2. The number of carboxylic acids is 2. The lowest BCUT2D eigenvalue weighted by atomic mass is 10.1. The lowest BCUT2D eigenvalue weighted by molar-refractivity contribution is -0.667. The number of hydrogen-bond acceptors (Lipinski definition) is 13. The van der Waals surface area contributed by atoms with Crippen molar-refractivity contribution >= 4 is 105 Å². The molecular weight excluding hydrogens is 772 g/mol. The summed E-state index contributed by atoms with van der Waals surface area (Å²) in [6.07, 6.45) is 1.97. The van der Waals surface area contributed by atoms with E-state index < -0.39 is 50.4 Å². The number of thiazole rings is 1. The van der Waals surface area contributed by atoms with Crippen LogP contribution in [0.25, 0.3) is 27.1 Å². The third kappa shape index (κ3) is 8.20. The predicted octanol–water partition coefficient (Wildman–Crippen LogP) is 2.47. The Morgan fingerprint density at radius 3 is 2.44 bits per heavy atom. The minimum Gasteiger partial charge on any atom is -0.748 e. The van der Waals surface area contributed by atoms with E-state index in [1.165, 1.54) is 54.3 Å². The lowest BCUT2D eigenvalue weighted by Gasteiger charge is -2.32. The number of aliphatic carboxylic acids is 2. The van der Waals surface area contributed by atoms with E-state index >= 15 is 0 Å². The van der Waals surface area contributed by atoms with Gasteiger partial charge in [0.15, 0.2) is 6.54 Å². The van der Waals surface area contributed by atoms with Gasteiger partial charge in [-0.1, -0.05) is 59.0 Å². The molecule has 0 saturated carbocycles. The van der Waals surface area contributed by atoms with Gasteiger partial charge in [-0.2, -0.15) is 9.29 Å². The molecular formula is C34H29ClN4O9S4-2. The third-order valence-corrected chi connectivity index (χ3v) is 13.0. The molecule has 4 aromatic carbocycles. The molecule has 13 nitrogen and oxygen atoms in total. The van der Waals surface area contributed by atoms with Gasteiger partial charge >= 0.3 is 0 Å². The first kappa shape index (κ1) is 37.5. The molecule has 1 atom stereocenters. The van der Waals surface area contributed by atoms with Crippen molar-refractivity contribution in [1.29, 1.82) is 0 Å². The van der Waals surface area contributed by atoms with Crippen molar-refractivity contribution in [3.63, 3.8) is 0 Å². The molecule has 52 heavy (non-hydrogen) atoms. The highest BCUT2D eigenvalue weighted by Gasteiger charge is 2.30. The Hall–Kier alpha value is -4.23. The zero-order valence-electron chi connectivity index (χ0n) is 27.2. The van der Waals surface area contributed by atoms with E-state index in [1.54, 1.807) is 17.0 Å². The van der Waals surface area contributed by atoms with Crippen LogP contribution in [0.2, 0.25) is 5.02 Å². The molecule has 2 heterocycles. The van der Waals surface area contributed by atoms with Crippen LogP contribution >= 0.6 is 34.7 Å². The van der Waals surface area contributed by atoms with Gasteiger partial charge in [0, 0.05) is 27.8 Å². The molecule has 18 heteroatoms. The molecule has 1 unspecified atom stereocenters. The molecule has 6 rings (SSSR count). The largest absolute Gasteiger partial charge is 0.748 e. The number of sulfonamides is 1. The summed E-state index contributed by atoms with van der Waals surface area (Å²) in [6.45, 7) is 0.504. The number of carbonyl (C=O) groups excluding carboxylic acids is 2. The van der Waals surface area contributed by atoms with E-state index in [0.717, 1.165) is 35.8 Å². The molecule has 1 aromatic heterocycles. The SMILES string of the molecule is CC(C(=O)[O-])N(CC(=O)[O-])c1ccc(S(=O)(=O)NCN2/C(=C/c3sc4ccc5ccccc5c4[n+]3CCCS(=O)(=O)[O-])Sc3ccc(Cl)cc32)cc1. The van der Waals surface area contributed by atoms with E-state index in [2.05, 4.69) is 4.72 Å². The number of hydrogen-bond donors (Lipinski definition) is 1. The molecule has 0 spiro atoms. The molecule has 0 fully saturated rings. The predicted molar refractivity (Wildman–Crippen MR) is 195 cm³/mol. The highest BCUT2D eigenvalue weighted by atomic mass is 35.5. The van der Waals surface area contributed by atoms with Crippen molar-refractivity contribution in [2.75, 3.05) is 28.8 Å². The van der Waals surface area contributed by atoms with Gasteiger partial charge in [0.1, 0.15) is 4.70 Å². The fraction of sp³-hybridized carbons (Fsp3) is 0.206. The smallest absolute Gasteiger partial charge is 0.265 e. The number of thioether (sulfide) groups is 1. The number of aromatic nitrogens is 1. The van der Waals surface area contributed by atoms with Crippen molar-refractivity contribution in [3.8, 4) is 0 Å². The van der Waals surface area contributed by atoms with Gasteiger partial charge in [-0.3, -0.25) is 0 Å². The normalized spacial score (nSPS) is 14.6. The fourth-order valence-electron chi connectivity index (χ4n) is 5.82. The summed E-state index contributed by atoms with van der Waals surface area (Å²) in [5.74, 6) is -3.57. The number of fused-ring (bicyclic) bond motifs is 4. The number of rotatable bonds is 14. The van der Waals surface area contributed by atoms with Crippen molar-refractivity contribution in [2.45, 2.75) is 35.7 Å². The lowest BCUT2D eigenvalue weighted by Crippen LogP contribution is -2.50. The number of benzene rings is 4. The van der Waals surface area contributed by atoms with Crippen LogP contribution in [0.1, 0.15) is 18.4 Å². The monoisotopic (exact) mass is 800 g/mol. The van der Waals surface area contributed by atoms with Gasteiger partial charge < -0.3 is 34.2 Å². The van der Waals surface area contributed by atoms with Crippen molar-refractivity contribution in [3.05, 3.63) is 93.9 Å². The van der Waals surface area contributed by atoms with Gasteiger partial charge in [-0.15, -0.1) is 0 Å². The number of nitrogens with zero attached hydrogens (tertiary/aromatic N) is 3. The molecule has 1 N–H and O–H groups in total. The second-order valence-electron chi connectivity index (χ2n) is 11.8. The zero-order valence-corrected chi connectivity index (χ0v) is 31.2. The number of nitrogens with one attached hydrogen (secondary N) is 1. The van der Waals surface area contributed by atoms with Crippen molar-refractivity contribution in [2.24, 2.45) is 0 Å². The molecule has 0 amide bonds. The summed E-state index contributed by atoms with van der Waals surface area (Å²) in [7, 11) is -8.60. The van der Waals surface area contributed by atoms with Crippen LogP contribution < -0.4 is 29.3 Å². The Morgan fingerprint density at radius 1 is 1.02 bits per heavy atom. The van der Waals surface area contributed by atoms with Gasteiger partial charge in [0.05, 0.1) is 68.4 Å². The average molecular weight is 801 g/mol. The minimum absolute atomic E-state index is 0.0874. The van der Waals surface area contributed by atoms with Crippen LogP contribution in [0.15, 0.2) is 93.7 Å². The van der Waals surface area contributed by atoms with Gasteiger partial charge in [-0.05, 0) is 66.9 Å². The zero-order chi connectivity index (χ0) is 37.4. The Kier molecular flexibility index (Phi) is 10.8. The Morgan fingerprint density at radius 2 is 1.75 bits per heavy atom. The van der Waals surface area contributed by atoms with Gasteiger partial charge in [0.2, 0.25) is 15.5 Å². The summed E-state index contributed by atoms with van der Waals surface area (Å²) in [6, 6.07) is 20.7. The first-order valence-corrected chi connectivity index (χ1v) is 20.7. The molecule has 1 aliphatic heterocycles. The van der Waals surface area contributed by atoms with Crippen LogP contribution in [-0.4, -0.2) is 58.3 Å². The average Bonchev–Trinajstić information content (AvgIpc) is 3.62. The van der Waals surface area contributed by atoms with E-state index in [4.69, 9.17) is 11.6 Å². The van der Waals surface area contributed by atoms with Crippen LogP contribution in [0, 0.1) is 0 Å². The van der Waals surface area contributed by atoms with E-state index in [1.807, 2.05) is 53.1 Å². The Labute approximate surface area is 312 Å². The fourth-order valence-corrected chi connectivity index (χ4v) is 9.72. The first-order chi connectivity index (χ1) is 24.6. The Balaban J connectivity index is 1.34. The molecule has 0 radical (unpaired) electrons. The summed E-state index contributed by atoms with van der Waals surface area (Å²) in [5.41, 5.74) is 1.66. The Bertz CT molecular complexity index is 2450. The maximum Gasteiger partial charge on any atom is 0.265 e. The number of carbonyl (C=O) groups is 2. The molecule has 1 aliphatic rings. The number of carboxylic acid groups (broad SMARTS) is 2. The van der Waals surface area contributed by atoms with Crippen molar-refractivity contribution in [1.82, 2.24) is 4.72 Å². The van der Waals surface area contributed by atoms with E-state index in [-0.39, 0.29) is 30.2 Å². The molecule has 0 bridgehead atoms. The molecule has 0 saturated heterocycles. The van der Waals surface area contributed by atoms with Gasteiger partial charge in [-0.25, -0.2) is 16.8 Å². The number of anilines is 2. The highest BCUT2D eigenvalue weighted by Crippen LogP contribution is 2.47.